The van der Waals surface area contributed by atoms with Gasteiger partial charge in [0.2, 0.25) is 0 Å². The normalized spacial score (nSPS) is 12.9. The molecule has 0 aliphatic carbocycles. The van der Waals surface area contributed by atoms with Crippen LogP contribution in [0.4, 0.5) is 9.59 Å². The second kappa shape index (κ2) is 8.68. The highest BCUT2D eigenvalue weighted by Gasteiger charge is 2.41. The lowest BCUT2D eigenvalue weighted by Crippen LogP contribution is -2.53. The number of aromatic nitrogens is 3. The van der Waals surface area contributed by atoms with Gasteiger partial charge in [-0.3, -0.25) is 0 Å². The van der Waals surface area contributed by atoms with E-state index >= 15 is 0 Å². The van der Waals surface area contributed by atoms with Gasteiger partial charge in [-0.15, -0.1) is 5.10 Å². The summed E-state index contributed by atoms with van der Waals surface area (Å²) >= 11 is 0. The fourth-order valence-corrected chi connectivity index (χ4v) is 2.56. The Morgan fingerprint density at radius 1 is 1.00 bits per heavy atom. The number of ether oxygens (including phenoxy) is 3. The van der Waals surface area contributed by atoms with Crippen LogP contribution in [0.2, 0.25) is 0 Å². The molecule has 1 heterocycles. The molecule has 1 unspecified atom stereocenters. The highest BCUT2D eigenvalue weighted by atomic mass is 16.6. The van der Waals surface area contributed by atoms with Gasteiger partial charge in [0.25, 0.3) is 0 Å². The third kappa shape index (κ3) is 5.91. The van der Waals surface area contributed by atoms with Crippen molar-refractivity contribution in [2.75, 3.05) is 7.11 Å². The first-order valence-electron chi connectivity index (χ1n) is 9.43. The van der Waals surface area contributed by atoms with Crippen molar-refractivity contribution >= 4 is 29.2 Å². The third-order valence-corrected chi connectivity index (χ3v) is 3.73. The molecule has 10 heteroatoms. The number of benzene rings is 1. The van der Waals surface area contributed by atoms with Crippen molar-refractivity contribution in [1.29, 1.82) is 0 Å². The van der Waals surface area contributed by atoms with Crippen LogP contribution in [-0.2, 0) is 25.5 Å². The number of rotatable bonds is 4. The van der Waals surface area contributed by atoms with Crippen LogP contribution in [0.25, 0.3) is 11.0 Å². The fraction of sp³-hybridized carbons (Fsp3) is 0.550. The van der Waals surface area contributed by atoms with Crippen molar-refractivity contribution in [3.05, 3.63) is 24.3 Å². The summed E-state index contributed by atoms with van der Waals surface area (Å²) in [4.78, 5) is 39.0. The summed E-state index contributed by atoms with van der Waals surface area (Å²) in [6.45, 7) is 9.71. The largest absolute Gasteiger partial charge is 0.467 e. The molecule has 0 N–H and O–H groups in total. The first kappa shape index (κ1) is 23.1. The Labute approximate surface area is 175 Å². The Kier molecular flexibility index (Phi) is 6.69. The molecule has 30 heavy (non-hydrogen) atoms. The summed E-state index contributed by atoms with van der Waals surface area (Å²) in [6, 6.07) is 5.71. The number of methoxy groups -OCH3 is 1. The number of fused-ring (bicyclic) bond motifs is 1. The molecule has 2 aromatic rings. The van der Waals surface area contributed by atoms with Gasteiger partial charge in [-0.1, -0.05) is 17.3 Å². The van der Waals surface area contributed by atoms with Gasteiger partial charge in [0, 0.05) is 0 Å². The van der Waals surface area contributed by atoms with Crippen molar-refractivity contribution in [2.24, 2.45) is 0 Å². The molecule has 0 bridgehead atoms. The zero-order valence-electron chi connectivity index (χ0n) is 18.3. The van der Waals surface area contributed by atoms with E-state index in [1.165, 1.54) is 4.68 Å². The average molecular weight is 420 g/mol. The first-order valence-corrected chi connectivity index (χ1v) is 9.43. The van der Waals surface area contributed by atoms with Gasteiger partial charge in [-0.2, -0.15) is 4.90 Å². The van der Waals surface area contributed by atoms with Crippen molar-refractivity contribution in [2.45, 2.75) is 65.3 Å². The number of hydrogen-bond donors (Lipinski definition) is 0. The molecule has 1 atom stereocenters. The van der Waals surface area contributed by atoms with Gasteiger partial charge < -0.3 is 14.2 Å². The number of carbonyl (C=O) groups excluding carboxylic acids is 3. The summed E-state index contributed by atoms with van der Waals surface area (Å²) in [5.41, 5.74) is -0.586. The van der Waals surface area contributed by atoms with Gasteiger partial charge in [-0.25, -0.2) is 19.1 Å². The van der Waals surface area contributed by atoms with Crippen molar-refractivity contribution in [1.82, 2.24) is 19.9 Å². The first-order chi connectivity index (χ1) is 13.8. The maximum Gasteiger partial charge on any atom is 0.420 e. The molecule has 1 aromatic carbocycles. The van der Waals surface area contributed by atoms with Crippen molar-refractivity contribution < 1.29 is 28.6 Å². The molecule has 2 rings (SSSR count). The van der Waals surface area contributed by atoms with Crippen molar-refractivity contribution in [3.63, 3.8) is 0 Å². The van der Waals surface area contributed by atoms with E-state index in [2.05, 4.69) is 10.3 Å². The van der Waals surface area contributed by atoms with Crippen LogP contribution in [0.1, 0.15) is 41.5 Å². The highest BCUT2D eigenvalue weighted by Crippen LogP contribution is 2.19. The Bertz CT molecular complexity index is 897. The number of nitrogens with zero attached hydrogens (tertiary/aromatic N) is 4. The minimum absolute atomic E-state index is 0.189. The lowest BCUT2D eigenvalue weighted by molar-refractivity contribution is -0.147. The summed E-state index contributed by atoms with van der Waals surface area (Å²) in [5, 5.41) is 8.06. The van der Waals surface area contributed by atoms with Crippen LogP contribution in [0.5, 0.6) is 0 Å². The topological polar surface area (TPSA) is 113 Å². The molecule has 0 aliphatic rings. The van der Waals surface area contributed by atoms with E-state index in [4.69, 9.17) is 14.2 Å². The second-order valence-electron chi connectivity index (χ2n) is 8.63. The standard InChI is InChI=1S/C20H28N4O6/c1-19(2,3)29-17(26)24(18(27)30-20(4,5)6)15(16(25)28-7)12-23-14-11-9-8-10-13(14)21-22-23/h8-11,15H,12H2,1-7H3. The van der Waals surface area contributed by atoms with Crippen LogP contribution < -0.4 is 0 Å². The monoisotopic (exact) mass is 420 g/mol. The van der Waals surface area contributed by atoms with Gasteiger partial charge in [0.1, 0.15) is 16.7 Å². The van der Waals surface area contributed by atoms with Crippen molar-refractivity contribution in [3.8, 4) is 0 Å². The van der Waals surface area contributed by atoms with Gasteiger partial charge in [0.05, 0.1) is 19.2 Å². The molecule has 0 fully saturated rings. The van der Waals surface area contributed by atoms with E-state index in [-0.39, 0.29) is 6.54 Å². The maximum absolute atomic E-state index is 12.9. The molecule has 164 valence electrons. The summed E-state index contributed by atoms with van der Waals surface area (Å²) < 4.78 is 17.0. The lowest BCUT2D eigenvalue weighted by atomic mass is 10.2. The van der Waals surface area contributed by atoms with E-state index in [0.717, 1.165) is 7.11 Å². The Hall–Kier alpha value is -3.17. The smallest absolute Gasteiger partial charge is 0.420 e. The number of imide groups is 1. The summed E-state index contributed by atoms with van der Waals surface area (Å²) in [5.74, 6) is -0.828. The van der Waals surface area contributed by atoms with Crippen LogP contribution in [0, 0.1) is 0 Å². The molecule has 10 nitrogen and oxygen atoms in total. The summed E-state index contributed by atoms with van der Waals surface area (Å²) in [7, 11) is 1.16. The molecule has 2 amide bonds. The molecular weight excluding hydrogens is 392 g/mol. The van der Waals surface area contributed by atoms with Gasteiger partial charge in [-0.05, 0) is 53.7 Å². The molecule has 0 radical (unpaired) electrons. The Morgan fingerprint density at radius 2 is 1.53 bits per heavy atom. The predicted octanol–water partition coefficient (Wildman–Crippen LogP) is 3.15. The van der Waals surface area contributed by atoms with Crippen LogP contribution in [0.3, 0.4) is 0 Å². The maximum atomic E-state index is 12.9. The minimum atomic E-state index is -1.38. The van der Waals surface area contributed by atoms with E-state index in [1.807, 2.05) is 0 Å². The van der Waals surface area contributed by atoms with Crippen LogP contribution in [0.15, 0.2) is 24.3 Å². The molecule has 0 aliphatic heterocycles. The average Bonchev–Trinajstić information content (AvgIpc) is 3.00. The number of amides is 2. The molecule has 0 spiro atoms. The number of hydrogen-bond acceptors (Lipinski definition) is 8. The second-order valence-corrected chi connectivity index (χ2v) is 8.63. The zero-order chi connectivity index (χ0) is 22.7. The highest BCUT2D eigenvalue weighted by molar-refractivity contribution is 5.94. The number of para-hydroxylation sites is 1. The van der Waals surface area contributed by atoms with E-state index in [0.29, 0.717) is 15.9 Å². The minimum Gasteiger partial charge on any atom is -0.467 e. The zero-order valence-corrected chi connectivity index (χ0v) is 18.3. The van der Waals surface area contributed by atoms with Gasteiger partial charge >= 0.3 is 18.2 Å². The quantitative estimate of drug-likeness (QED) is 0.548. The fourth-order valence-electron chi connectivity index (χ4n) is 2.56. The molecule has 0 saturated heterocycles. The molecule has 0 saturated carbocycles. The van der Waals surface area contributed by atoms with E-state index < -0.39 is 35.4 Å². The van der Waals surface area contributed by atoms with E-state index in [1.54, 1.807) is 65.8 Å². The van der Waals surface area contributed by atoms with E-state index in [9.17, 15) is 14.4 Å². The molecule has 1 aromatic heterocycles. The van der Waals surface area contributed by atoms with Gasteiger partial charge in [0.15, 0.2) is 6.04 Å². The number of carbonyl (C=O) groups is 3. The summed E-state index contributed by atoms with van der Waals surface area (Å²) in [6.07, 6.45) is -2.06. The number of esters is 1. The SMILES string of the molecule is COC(=O)C(Cn1nnc2ccccc21)N(C(=O)OC(C)(C)C)C(=O)OC(C)(C)C. The lowest BCUT2D eigenvalue weighted by Gasteiger charge is -2.32. The van der Waals surface area contributed by atoms with Crippen LogP contribution in [-0.4, -0.2) is 62.4 Å². The predicted molar refractivity (Wildman–Crippen MR) is 108 cm³/mol. The van der Waals surface area contributed by atoms with Crippen LogP contribution >= 0.6 is 0 Å². The Balaban J connectivity index is 2.48. The third-order valence-electron chi connectivity index (χ3n) is 3.73. The molecular formula is C20H28N4O6. The Morgan fingerprint density at radius 3 is 2.03 bits per heavy atom.